The number of nitrogens with two attached hydrogens (primary N) is 1. The minimum atomic E-state index is -1.06. The lowest BCUT2D eigenvalue weighted by Crippen LogP contribution is -2.40. The van der Waals surface area contributed by atoms with Gasteiger partial charge in [0, 0.05) is 5.69 Å². The number of rotatable bonds is 5. The lowest BCUT2D eigenvalue weighted by atomic mass is 9.81. The number of hydrogen-bond acceptors (Lipinski definition) is 9. The minimum Gasteiger partial charge on any atom is -0.466 e. The number of nitriles is 1. The van der Waals surface area contributed by atoms with Gasteiger partial charge in [0.05, 0.1) is 42.9 Å². The molecule has 0 aliphatic carbocycles. The van der Waals surface area contributed by atoms with Gasteiger partial charge in [0.15, 0.2) is 0 Å². The molecule has 2 aromatic carbocycles. The van der Waals surface area contributed by atoms with Crippen LogP contribution in [-0.4, -0.2) is 37.7 Å². The van der Waals surface area contributed by atoms with Gasteiger partial charge in [0.2, 0.25) is 0 Å². The predicted molar refractivity (Wildman–Crippen MR) is 131 cm³/mol. The van der Waals surface area contributed by atoms with Crippen molar-refractivity contribution in [1.82, 2.24) is 0 Å². The van der Waals surface area contributed by atoms with Crippen molar-refractivity contribution < 1.29 is 33.0 Å². The van der Waals surface area contributed by atoms with E-state index in [1.165, 1.54) is 6.07 Å². The first kappa shape index (κ1) is 26.9. The lowest BCUT2D eigenvalue weighted by molar-refractivity contribution is -0.139. The van der Waals surface area contributed by atoms with Gasteiger partial charge in [-0.25, -0.2) is 18.8 Å². The number of anilines is 1. The van der Waals surface area contributed by atoms with Crippen molar-refractivity contribution in [3.63, 3.8) is 0 Å². The van der Waals surface area contributed by atoms with E-state index in [1.807, 2.05) is 6.07 Å². The Bertz CT molecular complexity index is 1350. The molecule has 0 amide bonds. The smallest absolute Gasteiger partial charge is 0.355 e. The van der Waals surface area contributed by atoms with Crippen LogP contribution in [0.15, 0.2) is 71.2 Å². The number of allylic oxidation sites excluding steroid dienone is 1. The summed E-state index contributed by atoms with van der Waals surface area (Å²) in [6.45, 7) is 4.88. The van der Waals surface area contributed by atoms with Crippen molar-refractivity contribution in [2.45, 2.75) is 32.3 Å². The first-order valence-corrected chi connectivity index (χ1v) is 11.1. The lowest BCUT2D eigenvalue weighted by Gasteiger charge is -2.36. The second-order valence-corrected chi connectivity index (χ2v) is 9.00. The maximum absolute atomic E-state index is 14.7. The second kappa shape index (κ2) is 10.5. The summed E-state index contributed by atoms with van der Waals surface area (Å²) < 4.78 is 29.9. The zero-order chi connectivity index (χ0) is 27.5. The number of carbonyl (C=O) groups excluding carboxylic acids is 3. The highest BCUT2D eigenvalue weighted by molar-refractivity contribution is 6.06. The Balaban J connectivity index is 2.36. The monoisotopic (exact) mass is 507 g/mol. The number of esters is 3. The van der Waals surface area contributed by atoms with Crippen LogP contribution < -0.4 is 10.6 Å². The van der Waals surface area contributed by atoms with Gasteiger partial charge < -0.3 is 19.9 Å². The Morgan fingerprint density at radius 2 is 1.62 bits per heavy atom. The number of methoxy groups -OCH3 is 2. The highest BCUT2D eigenvalue weighted by atomic mass is 19.1. The first-order chi connectivity index (χ1) is 17.4. The summed E-state index contributed by atoms with van der Waals surface area (Å²) in [6, 6.07) is 13.9. The average Bonchev–Trinajstić information content (AvgIpc) is 2.86. The molecule has 2 N–H and O–H groups in total. The van der Waals surface area contributed by atoms with Crippen LogP contribution in [0.25, 0.3) is 0 Å². The molecule has 1 atom stereocenters. The van der Waals surface area contributed by atoms with Gasteiger partial charge in [0.25, 0.3) is 0 Å². The summed E-state index contributed by atoms with van der Waals surface area (Å²) in [5, 5.41) is 10.1. The third-order valence-corrected chi connectivity index (χ3v) is 5.44. The zero-order valence-corrected chi connectivity index (χ0v) is 21.0. The van der Waals surface area contributed by atoms with Crippen LogP contribution in [0.4, 0.5) is 10.1 Å². The van der Waals surface area contributed by atoms with Crippen LogP contribution >= 0.6 is 0 Å². The van der Waals surface area contributed by atoms with Crippen molar-refractivity contribution in [1.29, 1.82) is 5.26 Å². The fourth-order valence-corrected chi connectivity index (χ4v) is 3.92. The van der Waals surface area contributed by atoms with Gasteiger partial charge in [-0.15, -0.1) is 0 Å². The zero-order valence-electron chi connectivity index (χ0n) is 21.0. The van der Waals surface area contributed by atoms with E-state index in [2.05, 4.69) is 0 Å². The van der Waals surface area contributed by atoms with Crippen LogP contribution in [-0.2, 0) is 23.8 Å². The minimum absolute atomic E-state index is 0.0147. The maximum Gasteiger partial charge on any atom is 0.355 e. The molecule has 0 saturated heterocycles. The Labute approximate surface area is 213 Å². The summed E-state index contributed by atoms with van der Waals surface area (Å²) >= 11 is 0. The van der Waals surface area contributed by atoms with E-state index in [-0.39, 0.29) is 28.4 Å². The van der Waals surface area contributed by atoms with Crippen LogP contribution in [0.2, 0.25) is 0 Å². The molecule has 1 heterocycles. The molecule has 1 aliphatic heterocycles. The SMILES string of the molecule is COC(=O)C1=C(C(=O)OC)N(c2ccc(F)c(C(=O)OC(C)(C)C)c2)C(N)=C(C#N)C1c1ccccc1. The number of nitrogens with zero attached hydrogens (tertiary/aromatic N) is 2. The number of ether oxygens (including phenoxy) is 3. The Morgan fingerprint density at radius 3 is 2.16 bits per heavy atom. The molecule has 2 aromatic rings. The molecule has 0 radical (unpaired) electrons. The summed E-state index contributed by atoms with van der Waals surface area (Å²) in [6.07, 6.45) is 0. The molecule has 192 valence electrons. The normalized spacial score (nSPS) is 15.7. The Kier molecular flexibility index (Phi) is 7.67. The molecule has 1 aliphatic rings. The van der Waals surface area contributed by atoms with Gasteiger partial charge in [-0.3, -0.25) is 4.90 Å². The second-order valence-electron chi connectivity index (χ2n) is 9.00. The maximum atomic E-state index is 14.7. The Morgan fingerprint density at radius 1 is 1.00 bits per heavy atom. The molecule has 37 heavy (non-hydrogen) atoms. The van der Waals surface area contributed by atoms with Crippen molar-refractivity contribution >= 4 is 23.6 Å². The molecular weight excluding hydrogens is 481 g/mol. The van der Waals surface area contributed by atoms with Crippen LogP contribution in [0.5, 0.6) is 0 Å². The van der Waals surface area contributed by atoms with E-state index in [0.29, 0.717) is 5.56 Å². The molecule has 3 rings (SSSR count). The molecule has 0 aromatic heterocycles. The van der Waals surface area contributed by atoms with Gasteiger partial charge in [0.1, 0.15) is 22.9 Å². The van der Waals surface area contributed by atoms with Gasteiger partial charge >= 0.3 is 17.9 Å². The molecule has 1 unspecified atom stereocenters. The van der Waals surface area contributed by atoms with Gasteiger partial charge in [-0.2, -0.15) is 5.26 Å². The highest BCUT2D eigenvalue weighted by Gasteiger charge is 2.43. The van der Waals surface area contributed by atoms with Crippen molar-refractivity contribution in [2.75, 3.05) is 19.1 Å². The van der Waals surface area contributed by atoms with E-state index < -0.39 is 40.8 Å². The van der Waals surface area contributed by atoms with Crippen LogP contribution in [0.3, 0.4) is 0 Å². The molecule has 9 nitrogen and oxygen atoms in total. The third kappa shape index (κ3) is 5.30. The van der Waals surface area contributed by atoms with E-state index >= 15 is 0 Å². The largest absolute Gasteiger partial charge is 0.466 e. The van der Waals surface area contributed by atoms with Gasteiger partial charge in [-0.05, 0) is 44.5 Å². The molecule has 0 bridgehead atoms. The number of halogens is 1. The fourth-order valence-electron chi connectivity index (χ4n) is 3.92. The molecule has 0 spiro atoms. The summed E-state index contributed by atoms with van der Waals surface area (Å²) in [5.41, 5.74) is 4.97. The first-order valence-electron chi connectivity index (χ1n) is 11.1. The average molecular weight is 508 g/mol. The van der Waals surface area contributed by atoms with E-state index in [9.17, 15) is 24.0 Å². The fraction of sp³-hybridized carbons (Fsp3) is 0.259. The van der Waals surface area contributed by atoms with Crippen LogP contribution in [0, 0.1) is 17.1 Å². The molecular formula is C27H26FN3O6. The van der Waals surface area contributed by atoms with Crippen LogP contribution in [0.1, 0.15) is 42.6 Å². The van der Waals surface area contributed by atoms with Crippen molar-refractivity contribution in [3.8, 4) is 6.07 Å². The van der Waals surface area contributed by atoms with Crippen molar-refractivity contribution in [3.05, 3.63) is 88.1 Å². The quantitative estimate of drug-likeness (QED) is 0.475. The summed E-state index contributed by atoms with van der Waals surface area (Å²) in [7, 11) is 2.24. The standard InChI is InChI=1S/C27H26FN3O6/c1-27(2,3)37-24(32)17-13-16(11-12-19(17)28)31-22(26(34)36-5)21(25(33)35-4)20(18(14-29)23(31)30)15-9-7-6-8-10-15/h6-13,20H,30H2,1-5H3. The van der Waals surface area contributed by atoms with E-state index in [1.54, 1.807) is 51.1 Å². The van der Waals surface area contributed by atoms with E-state index in [4.69, 9.17) is 19.9 Å². The number of benzene rings is 2. The van der Waals surface area contributed by atoms with E-state index in [0.717, 1.165) is 31.3 Å². The third-order valence-electron chi connectivity index (χ3n) is 5.44. The molecule has 10 heteroatoms. The summed E-state index contributed by atoms with van der Waals surface area (Å²) in [5.74, 6) is -4.98. The van der Waals surface area contributed by atoms with Gasteiger partial charge in [-0.1, -0.05) is 30.3 Å². The topological polar surface area (TPSA) is 132 Å². The predicted octanol–water partition coefficient (Wildman–Crippen LogP) is 3.68. The van der Waals surface area contributed by atoms with Crippen molar-refractivity contribution in [2.24, 2.45) is 5.73 Å². The molecule has 0 fully saturated rings. The summed E-state index contributed by atoms with van der Waals surface area (Å²) in [4.78, 5) is 40.0. The number of hydrogen-bond donors (Lipinski definition) is 1. The highest BCUT2D eigenvalue weighted by Crippen LogP contribution is 2.43. The Hall–Kier alpha value is -4.65. The number of carbonyl (C=O) groups is 3. The molecule has 0 saturated carbocycles.